The fraction of sp³-hybridized carbons (Fsp3) is 1.00. The summed E-state index contributed by atoms with van der Waals surface area (Å²) in [4.78, 5) is 0. The molecule has 6 nitrogen and oxygen atoms in total. The molecule has 2 aliphatic heterocycles. The van der Waals surface area contributed by atoms with Crippen LogP contribution in [0.4, 0.5) is 0 Å². The molecule has 0 aromatic carbocycles. The van der Waals surface area contributed by atoms with Crippen molar-refractivity contribution in [1.29, 1.82) is 0 Å². The summed E-state index contributed by atoms with van der Waals surface area (Å²) in [6, 6.07) is 0. The molecule has 0 spiro atoms. The number of unbranched alkanes of at least 4 members (excludes halogenated alkanes) is 21. The molecule has 278 valence electrons. The van der Waals surface area contributed by atoms with Gasteiger partial charge in [-0.05, 0) is 25.7 Å². The van der Waals surface area contributed by atoms with Crippen molar-refractivity contribution in [1.82, 2.24) is 20.0 Å². The molecule has 0 aliphatic carbocycles. The number of hydrogen-bond donors (Lipinski definition) is 0. The van der Waals surface area contributed by atoms with Gasteiger partial charge in [-0.25, -0.2) is 20.0 Å². The lowest BCUT2D eigenvalue weighted by Gasteiger charge is -2.38. The summed E-state index contributed by atoms with van der Waals surface area (Å²) in [5.41, 5.74) is 0. The largest absolute Gasteiger partial charge is 0.379 e. The van der Waals surface area contributed by atoms with Gasteiger partial charge in [-0.3, -0.25) is 0 Å². The van der Waals surface area contributed by atoms with Gasteiger partial charge in [-0.15, -0.1) is 24.8 Å². The third-order valence-electron chi connectivity index (χ3n) is 9.90. The Kier molecular flexibility index (Phi) is 35.4. The Labute approximate surface area is 300 Å². The second kappa shape index (κ2) is 35.2. The molecule has 2 rings (SSSR count). The first-order valence-corrected chi connectivity index (χ1v) is 20.0. The topological polar surface area (TPSA) is 31.4 Å². The molecule has 2 aliphatic rings. The van der Waals surface area contributed by atoms with E-state index >= 15 is 0 Å². The van der Waals surface area contributed by atoms with Crippen LogP contribution in [0.1, 0.15) is 168 Å². The van der Waals surface area contributed by atoms with E-state index < -0.39 is 0 Å². The summed E-state index contributed by atoms with van der Waals surface area (Å²) in [5, 5.41) is 10.6. The monoisotopic (exact) mass is 695 g/mol. The van der Waals surface area contributed by atoms with E-state index in [1.807, 2.05) is 0 Å². The predicted octanol–water partition coefficient (Wildman–Crippen LogP) is 10.3. The van der Waals surface area contributed by atoms with Crippen LogP contribution in [0.2, 0.25) is 0 Å². The molecule has 2 fully saturated rings. The summed E-state index contributed by atoms with van der Waals surface area (Å²) < 4.78 is 11.3. The van der Waals surface area contributed by atoms with Crippen molar-refractivity contribution < 1.29 is 9.47 Å². The molecular weight excluding hydrogens is 615 g/mol. The molecule has 0 bridgehead atoms. The molecule has 0 radical (unpaired) electrons. The molecular formula is C38H80Cl2N4O2. The van der Waals surface area contributed by atoms with Crippen molar-refractivity contribution in [2.24, 2.45) is 0 Å². The van der Waals surface area contributed by atoms with Crippen molar-refractivity contribution in [2.45, 2.75) is 168 Å². The maximum Gasteiger partial charge on any atom is 0.0608 e. The highest BCUT2D eigenvalue weighted by molar-refractivity contribution is 5.85. The fourth-order valence-corrected chi connectivity index (χ4v) is 6.97. The van der Waals surface area contributed by atoms with Gasteiger partial charge in [0.25, 0.3) is 0 Å². The smallest absolute Gasteiger partial charge is 0.0608 e. The molecule has 0 aromatic heterocycles. The standard InChI is InChI=1S/C38H78N4O2.2ClH/c1-3-5-7-9-11-13-15-17-19-23-27-39(41-31-35-43-36-32-41)29-25-21-22-26-30-40(42-33-37-44-38-34-42)28-24-20-18-16-14-12-10-8-6-4-2;;/h3-38H2,1-2H3;2*1H. The van der Waals surface area contributed by atoms with Crippen molar-refractivity contribution in [2.75, 3.05) is 78.8 Å². The Morgan fingerprint density at radius 2 is 0.565 bits per heavy atom. The first kappa shape index (κ1) is 46.3. The number of halogens is 2. The molecule has 46 heavy (non-hydrogen) atoms. The Morgan fingerprint density at radius 3 is 0.804 bits per heavy atom. The predicted molar refractivity (Wildman–Crippen MR) is 205 cm³/mol. The van der Waals surface area contributed by atoms with Crippen LogP contribution in [0.15, 0.2) is 0 Å². The quantitative estimate of drug-likeness (QED) is 0.0672. The van der Waals surface area contributed by atoms with E-state index in [2.05, 4.69) is 33.9 Å². The Hall–Kier alpha value is 0.340. The Morgan fingerprint density at radius 1 is 0.348 bits per heavy atom. The third-order valence-corrected chi connectivity index (χ3v) is 9.90. The van der Waals surface area contributed by atoms with E-state index in [1.165, 1.54) is 180 Å². The van der Waals surface area contributed by atoms with E-state index in [0.29, 0.717) is 0 Å². The molecule has 0 saturated carbocycles. The highest BCUT2D eigenvalue weighted by atomic mass is 35.5. The minimum absolute atomic E-state index is 0. The molecule has 0 aromatic rings. The second-order valence-electron chi connectivity index (χ2n) is 13.8. The first-order chi connectivity index (χ1) is 21.8. The lowest BCUT2D eigenvalue weighted by Crippen LogP contribution is -2.49. The van der Waals surface area contributed by atoms with Gasteiger partial charge in [0.05, 0.1) is 26.4 Å². The summed E-state index contributed by atoms with van der Waals surface area (Å²) in [6.45, 7) is 17.4. The van der Waals surface area contributed by atoms with E-state index in [0.717, 1.165) is 52.6 Å². The Balaban J connectivity index is 0.0000101. The van der Waals surface area contributed by atoms with E-state index in [-0.39, 0.29) is 24.8 Å². The molecule has 0 N–H and O–H groups in total. The SMILES string of the molecule is CCCCCCCCCCCCN(CCCCCCN(CCCCCCCCCCCC)N1CCOCC1)N1CCOCC1.Cl.Cl. The van der Waals surface area contributed by atoms with E-state index in [9.17, 15) is 0 Å². The number of hydrogen-bond acceptors (Lipinski definition) is 6. The van der Waals surface area contributed by atoms with Gasteiger partial charge in [0, 0.05) is 52.4 Å². The van der Waals surface area contributed by atoms with Crippen LogP contribution in [0.5, 0.6) is 0 Å². The number of rotatable bonds is 31. The summed E-state index contributed by atoms with van der Waals surface area (Å²) in [7, 11) is 0. The van der Waals surface area contributed by atoms with Crippen LogP contribution in [0.25, 0.3) is 0 Å². The summed E-state index contributed by atoms with van der Waals surface area (Å²) in [5.74, 6) is 0. The minimum atomic E-state index is 0. The average Bonchev–Trinajstić information content (AvgIpc) is 3.06. The third kappa shape index (κ3) is 25.3. The second-order valence-corrected chi connectivity index (χ2v) is 13.8. The van der Waals surface area contributed by atoms with Gasteiger partial charge >= 0.3 is 0 Å². The lowest BCUT2D eigenvalue weighted by molar-refractivity contribution is -0.0929. The van der Waals surface area contributed by atoms with E-state index in [4.69, 9.17) is 9.47 Å². The first-order valence-electron chi connectivity index (χ1n) is 20.0. The maximum atomic E-state index is 5.67. The van der Waals surface area contributed by atoms with Gasteiger partial charge in [0.2, 0.25) is 0 Å². The van der Waals surface area contributed by atoms with Crippen LogP contribution >= 0.6 is 24.8 Å². The van der Waals surface area contributed by atoms with Gasteiger partial charge in [-0.1, -0.05) is 142 Å². The number of ether oxygens (including phenoxy) is 2. The number of hydrazine groups is 2. The molecule has 2 saturated heterocycles. The normalized spacial score (nSPS) is 16.2. The molecule has 2 heterocycles. The molecule has 0 unspecified atom stereocenters. The molecule has 0 atom stereocenters. The zero-order valence-electron chi connectivity index (χ0n) is 30.9. The van der Waals surface area contributed by atoms with Gasteiger partial charge in [0.15, 0.2) is 0 Å². The zero-order valence-corrected chi connectivity index (χ0v) is 32.5. The van der Waals surface area contributed by atoms with Crippen LogP contribution < -0.4 is 0 Å². The van der Waals surface area contributed by atoms with Crippen LogP contribution in [-0.2, 0) is 9.47 Å². The highest BCUT2D eigenvalue weighted by Gasteiger charge is 2.19. The van der Waals surface area contributed by atoms with Crippen molar-refractivity contribution in [3.63, 3.8) is 0 Å². The summed E-state index contributed by atoms with van der Waals surface area (Å²) >= 11 is 0. The minimum Gasteiger partial charge on any atom is -0.379 e. The Bertz CT molecular complexity index is 545. The van der Waals surface area contributed by atoms with E-state index in [1.54, 1.807) is 0 Å². The van der Waals surface area contributed by atoms with Gasteiger partial charge < -0.3 is 9.47 Å². The number of morpholine rings is 2. The van der Waals surface area contributed by atoms with Gasteiger partial charge in [0.1, 0.15) is 0 Å². The summed E-state index contributed by atoms with van der Waals surface area (Å²) in [6.07, 6.45) is 33.7. The maximum absolute atomic E-state index is 5.67. The van der Waals surface area contributed by atoms with Crippen LogP contribution in [0, 0.1) is 0 Å². The van der Waals surface area contributed by atoms with Crippen LogP contribution in [0.3, 0.4) is 0 Å². The lowest BCUT2D eigenvalue weighted by atomic mass is 10.1. The number of nitrogens with zero attached hydrogens (tertiary/aromatic N) is 4. The van der Waals surface area contributed by atoms with Gasteiger partial charge in [-0.2, -0.15) is 0 Å². The average molecular weight is 696 g/mol. The van der Waals surface area contributed by atoms with Crippen molar-refractivity contribution >= 4 is 24.8 Å². The van der Waals surface area contributed by atoms with Crippen LogP contribution in [-0.4, -0.2) is 98.8 Å². The van der Waals surface area contributed by atoms with Crippen molar-refractivity contribution in [3.05, 3.63) is 0 Å². The molecule has 8 heteroatoms. The van der Waals surface area contributed by atoms with Crippen molar-refractivity contribution in [3.8, 4) is 0 Å². The highest BCUT2D eigenvalue weighted by Crippen LogP contribution is 2.15. The molecule has 0 amide bonds. The zero-order chi connectivity index (χ0) is 31.2. The fourth-order valence-electron chi connectivity index (χ4n) is 6.97.